The topological polar surface area (TPSA) is 74.2 Å². The van der Waals surface area contributed by atoms with Gasteiger partial charge in [-0.2, -0.15) is 4.31 Å². The van der Waals surface area contributed by atoms with Gasteiger partial charge in [-0.05, 0) is 19.1 Å². The highest BCUT2D eigenvalue weighted by atomic mass is 32.2. The molecule has 2 aromatic heterocycles. The number of sulfonamides is 1. The number of nitrogens with zero attached hydrogens (tertiary/aromatic N) is 4. The second-order valence-corrected chi connectivity index (χ2v) is 7.50. The summed E-state index contributed by atoms with van der Waals surface area (Å²) in [4.78, 5) is 9.58. The van der Waals surface area contributed by atoms with Crippen molar-refractivity contribution in [3.05, 3.63) is 36.0 Å². The monoisotopic (exact) mass is 323 g/mol. The molecule has 7 nitrogen and oxygen atoms in total. The average Bonchev–Trinajstić information content (AvgIpc) is 3.11. The van der Waals surface area contributed by atoms with Crippen molar-refractivity contribution in [3.63, 3.8) is 0 Å². The number of nitrogens with one attached hydrogen (secondary N) is 1. The quantitative estimate of drug-likeness (QED) is 0.892. The maximum atomic E-state index is 12.6. The summed E-state index contributed by atoms with van der Waals surface area (Å²) in [6, 6.07) is 4.01. The smallest absolute Gasteiger partial charge is 0.262 e. The molecule has 22 heavy (non-hydrogen) atoms. The molecule has 0 amide bonds. The van der Waals surface area contributed by atoms with Gasteiger partial charge in [0.25, 0.3) is 10.0 Å². The molecule has 0 bridgehead atoms. The largest absolute Gasteiger partial charge is 0.364 e. The van der Waals surface area contributed by atoms with Crippen molar-refractivity contribution in [2.45, 2.75) is 18.5 Å². The fourth-order valence-electron chi connectivity index (χ4n) is 2.62. The number of aromatic amines is 1. The van der Waals surface area contributed by atoms with Gasteiger partial charge in [0.15, 0.2) is 5.03 Å². The van der Waals surface area contributed by atoms with Gasteiger partial charge in [-0.15, -0.1) is 0 Å². The van der Waals surface area contributed by atoms with Crippen LogP contribution in [0.25, 0.3) is 0 Å². The SMILES string of the molecule is Cc1nc(S(=O)(=O)N2CCN(Cc3ccc[nH]3)CC2)cn1C. The molecule has 120 valence electrons. The second kappa shape index (κ2) is 5.86. The van der Waals surface area contributed by atoms with E-state index in [9.17, 15) is 8.42 Å². The van der Waals surface area contributed by atoms with Crippen LogP contribution < -0.4 is 0 Å². The van der Waals surface area contributed by atoms with Crippen molar-refractivity contribution >= 4 is 10.0 Å². The van der Waals surface area contributed by atoms with Gasteiger partial charge in [0.05, 0.1) is 0 Å². The van der Waals surface area contributed by atoms with Crippen LogP contribution in [0.4, 0.5) is 0 Å². The maximum Gasteiger partial charge on any atom is 0.262 e. The van der Waals surface area contributed by atoms with Gasteiger partial charge in [-0.1, -0.05) is 0 Å². The molecule has 3 heterocycles. The zero-order valence-electron chi connectivity index (χ0n) is 12.9. The first kappa shape index (κ1) is 15.3. The predicted octanol–water partition coefficient (Wildman–Crippen LogP) is 0.563. The van der Waals surface area contributed by atoms with E-state index >= 15 is 0 Å². The first-order chi connectivity index (χ1) is 10.5. The van der Waals surface area contributed by atoms with E-state index in [0.29, 0.717) is 18.9 Å². The molecule has 0 radical (unpaired) electrons. The number of H-pyrrole nitrogens is 1. The summed E-state index contributed by atoms with van der Waals surface area (Å²) in [6.45, 7) is 5.07. The first-order valence-corrected chi connectivity index (χ1v) is 8.75. The lowest BCUT2D eigenvalue weighted by Crippen LogP contribution is -2.48. The molecule has 0 saturated carbocycles. The number of hydrogen-bond acceptors (Lipinski definition) is 4. The van der Waals surface area contributed by atoms with Crippen molar-refractivity contribution in [1.29, 1.82) is 0 Å². The van der Waals surface area contributed by atoms with E-state index in [2.05, 4.69) is 14.9 Å². The predicted molar refractivity (Wildman–Crippen MR) is 82.8 cm³/mol. The van der Waals surface area contributed by atoms with Crippen LogP contribution in [0.15, 0.2) is 29.6 Å². The van der Waals surface area contributed by atoms with Crippen LogP contribution in [-0.4, -0.2) is 58.3 Å². The molecular weight excluding hydrogens is 302 g/mol. The zero-order chi connectivity index (χ0) is 15.7. The van der Waals surface area contributed by atoms with Gasteiger partial charge >= 0.3 is 0 Å². The van der Waals surface area contributed by atoms with Crippen LogP contribution in [-0.2, 0) is 23.6 Å². The summed E-state index contributed by atoms with van der Waals surface area (Å²) in [5.41, 5.74) is 1.15. The van der Waals surface area contributed by atoms with Crippen LogP contribution in [0, 0.1) is 6.92 Å². The summed E-state index contributed by atoms with van der Waals surface area (Å²) in [5.74, 6) is 0.698. The summed E-state index contributed by atoms with van der Waals surface area (Å²) < 4.78 is 28.5. The Kier molecular flexibility index (Phi) is 4.07. The molecule has 0 aromatic carbocycles. The molecule has 0 spiro atoms. The minimum absolute atomic E-state index is 0.144. The van der Waals surface area contributed by atoms with Crippen LogP contribution in [0.5, 0.6) is 0 Å². The highest BCUT2D eigenvalue weighted by Gasteiger charge is 2.30. The van der Waals surface area contributed by atoms with E-state index in [0.717, 1.165) is 25.3 Å². The molecule has 1 aliphatic rings. The normalized spacial score (nSPS) is 17.9. The van der Waals surface area contributed by atoms with Gasteiger partial charge in [0.2, 0.25) is 0 Å². The minimum atomic E-state index is -3.48. The fourth-order valence-corrected chi connectivity index (χ4v) is 4.06. The summed E-state index contributed by atoms with van der Waals surface area (Å²) in [7, 11) is -1.68. The Morgan fingerprint density at radius 1 is 1.27 bits per heavy atom. The van der Waals surface area contributed by atoms with E-state index < -0.39 is 10.0 Å². The van der Waals surface area contributed by atoms with E-state index in [1.54, 1.807) is 24.7 Å². The van der Waals surface area contributed by atoms with Gasteiger partial charge < -0.3 is 9.55 Å². The van der Waals surface area contributed by atoms with Gasteiger partial charge in [-0.3, -0.25) is 4.90 Å². The van der Waals surface area contributed by atoms with Gasteiger partial charge in [0.1, 0.15) is 5.82 Å². The Morgan fingerprint density at radius 3 is 2.55 bits per heavy atom. The number of aromatic nitrogens is 3. The molecule has 1 N–H and O–H groups in total. The number of aryl methyl sites for hydroxylation is 2. The van der Waals surface area contributed by atoms with Crippen LogP contribution in [0.3, 0.4) is 0 Å². The number of piperazine rings is 1. The third kappa shape index (κ3) is 2.94. The van der Waals surface area contributed by atoms with E-state index in [4.69, 9.17) is 0 Å². The van der Waals surface area contributed by atoms with Crippen LogP contribution >= 0.6 is 0 Å². The fraction of sp³-hybridized carbons (Fsp3) is 0.500. The molecule has 8 heteroatoms. The second-order valence-electron chi connectivity index (χ2n) is 5.61. The lowest BCUT2D eigenvalue weighted by molar-refractivity contribution is 0.180. The third-order valence-electron chi connectivity index (χ3n) is 4.08. The standard InChI is InChI=1S/C14H21N5O2S/c1-12-16-14(11-17(12)2)22(20,21)19-8-6-18(7-9-19)10-13-4-3-5-15-13/h3-5,11,15H,6-10H2,1-2H3. The molecule has 3 rings (SSSR count). The van der Waals surface area contributed by atoms with Crippen LogP contribution in [0.1, 0.15) is 11.5 Å². The minimum Gasteiger partial charge on any atom is -0.364 e. The first-order valence-electron chi connectivity index (χ1n) is 7.31. The molecule has 1 aliphatic heterocycles. The molecular formula is C14H21N5O2S. The Morgan fingerprint density at radius 2 is 2.00 bits per heavy atom. The molecule has 1 fully saturated rings. The van der Waals surface area contributed by atoms with Crippen molar-refractivity contribution < 1.29 is 8.42 Å². The average molecular weight is 323 g/mol. The Bertz CT molecular complexity index is 708. The molecule has 1 saturated heterocycles. The maximum absolute atomic E-state index is 12.6. The number of imidazole rings is 1. The number of rotatable bonds is 4. The summed E-state index contributed by atoms with van der Waals surface area (Å²) >= 11 is 0. The Labute approximate surface area is 130 Å². The molecule has 2 aromatic rings. The zero-order valence-corrected chi connectivity index (χ0v) is 13.7. The van der Waals surface area contributed by atoms with Crippen LogP contribution in [0.2, 0.25) is 0 Å². The van der Waals surface area contributed by atoms with E-state index in [-0.39, 0.29) is 5.03 Å². The summed E-state index contributed by atoms with van der Waals surface area (Å²) in [6.07, 6.45) is 3.48. The molecule has 0 unspecified atom stereocenters. The third-order valence-corrected chi connectivity index (χ3v) is 5.85. The lowest BCUT2D eigenvalue weighted by atomic mass is 10.3. The van der Waals surface area contributed by atoms with Crippen molar-refractivity contribution in [2.75, 3.05) is 26.2 Å². The summed E-state index contributed by atoms with van der Waals surface area (Å²) in [5, 5.41) is 0.144. The highest BCUT2D eigenvalue weighted by Crippen LogP contribution is 2.17. The lowest BCUT2D eigenvalue weighted by Gasteiger charge is -2.33. The van der Waals surface area contributed by atoms with Crippen molar-refractivity contribution in [1.82, 2.24) is 23.7 Å². The Balaban J connectivity index is 1.65. The highest BCUT2D eigenvalue weighted by molar-refractivity contribution is 7.89. The molecule has 0 atom stereocenters. The van der Waals surface area contributed by atoms with Crippen molar-refractivity contribution in [3.8, 4) is 0 Å². The van der Waals surface area contributed by atoms with E-state index in [1.165, 1.54) is 4.31 Å². The van der Waals surface area contributed by atoms with Crippen molar-refractivity contribution in [2.24, 2.45) is 7.05 Å². The van der Waals surface area contributed by atoms with E-state index in [1.807, 2.05) is 18.3 Å². The number of hydrogen-bond donors (Lipinski definition) is 1. The van der Waals surface area contributed by atoms with Gasteiger partial charge in [-0.25, -0.2) is 13.4 Å². The molecule has 0 aliphatic carbocycles. The van der Waals surface area contributed by atoms with Gasteiger partial charge in [0, 0.05) is 57.9 Å². The Hall–Kier alpha value is -1.64.